The first-order chi connectivity index (χ1) is 14.6. The summed E-state index contributed by atoms with van der Waals surface area (Å²) in [5.74, 6) is -0.0209. The minimum absolute atomic E-state index is 0.224. The lowest BCUT2D eigenvalue weighted by Crippen LogP contribution is -2.17. The standard InChI is InChI=1S/C22H16ClN5O2/c23-16-9-5-14(6-10-16)13-24-28-20(29)15-7-11-17(12-8-15)25-22-26-19-4-2-1-3-18(19)21(30)27-22/h1-13H,(H,28,29)(H2,25,26,27,30)/b24-13-. The third-order valence-electron chi connectivity index (χ3n) is 4.27. The van der Waals surface area contributed by atoms with Crippen molar-refractivity contribution < 1.29 is 4.79 Å². The fourth-order valence-corrected chi connectivity index (χ4v) is 2.89. The summed E-state index contributed by atoms with van der Waals surface area (Å²) in [5, 5.41) is 8.13. The van der Waals surface area contributed by atoms with Crippen LogP contribution in [0, 0.1) is 0 Å². The van der Waals surface area contributed by atoms with E-state index >= 15 is 0 Å². The Labute approximate surface area is 176 Å². The van der Waals surface area contributed by atoms with E-state index in [0.29, 0.717) is 33.1 Å². The van der Waals surface area contributed by atoms with Gasteiger partial charge in [0.2, 0.25) is 5.95 Å². The van der Waals surface area contributed by atoms with Gasteiger partial charge in [-0.15, -0.1) is 0 Å². The number of aromatic amines is 1. The van der Waals surface area contributed by atoms with E-state index < -0.39 is 0 Å². The van der Waals surface area contributed by atoms with Gasteiger partial charge in [-0.3, -0.25) is 14.6 Å². The lowest BCUT2D eigenvalue weighted by Gasteiger charge is -2.07. The topological polar surface area (TPSA) is 99.2 Å². The van der Waals surface area contributed by atoms with Gasteiger partial charge in [0.05, 0.1) is 17.1 Å². The average molecular weight is 418 g/mol. The van der Waals surface area contributed by atoms with Crippen LogP contribution in [0.2, 0.25) is 5.02 Å². The molecule has 148 valence electrons. The van der Waals surface area contributed by atoms with Gasteiger partial charge >= 0.3 is 0 Å². The number of benzene rings is 3. The van der Waals surface area contributed by atoms with E-state index in [4.69, 9.17) is 11.6 Å². The number of anilines is 2. The van der Waals surface area contributed by atoms with Crippen molar-refractivity contribution in [3.05, 3.63) is 99.3 Å². The van der Waals surface area contributed by atoms with Gasteiger partial charge in [0.25, 0.3) is 11.5 Å². The lowest BCUT2D eigenvalue weighted by molar-refractivity contribution is 0.0955. The van der Waals surface area contributed by atoms with Crippen LogP contribution in [0.3, 0.4) is 0 Å². The molecule has 0 radical (unpaired) electrons. The monoisotopic (exact) mass is 417 g/mol. The number of carbonyl (C=O) groups is 1. The normalized spacial score (nSPS) is 11.0. The van der Waals surface area contributed by atoms with Gasteiger partial charge in [-0.2, -0.15) is 5.10 Å². The van der Waals surface area contributed by atoms with Crippen LogP contribution in [0.1, 0.15) is 15.9 Å². The summed E-state index contributed by atoms with van der Waals surface area (Å²) >= 11 is 5.83. The number of hydrogen-bond donors (Lipinski definition) is 3. The van der Waals surface area contributed by atoms with Crippen molar-refractivity contribution in [3.8, 4) is 0 Å². The molecule has 1 aromatic heterocycles. The predicted octanol–water partition coefficient (Wildman–Crippen LogP) is 4.08. The third kappa shape index (κ3) is 4.53. The summed E-state index contributed by atoms with van der Waals surface area (Å²) in [6.07, 6.45) is 1.53. The first-order valence-corrected chi connectivity index (χ1v) is 9.41. The fourth-order valence-electron chi connectivity index (χ4n) is 2.77. The molecule has 0 saturated carbocycles. The molecule has 3 N–H and O–H groups in total. The van der Waals surface area contributed by atoms with Crippen molar-refractivity contribution >= 4 is 46.3 Å². The number of nitrogens with one attached hydrogen (secondary N) is 3. The van der Waals surface area contributed by atoms with Crippen LogP contribution in [-0.4, -0.2) is 22.1 Å². The van der Waals surface area contributed by atoms with Gasteiger partial charge in [-0.25, -0.2) is 10.4 Å². The molecule has 0 fully saturated rings. The van der Waals surface area contributed by atoms with Gasteiger partial charge in [-0.1, -0.05) is 35.9 Å². The molecule has 4 rings (SSSR count). The van der Waals surface area contributed by atoms with Crippen molar-refractivity contribution in [1.82, 2.24) is 15.4 Å². The van der Waals surface area contributed by atoms with Gasteiger partial charge in [0.15, 0.2) is 0 Å². The number of fused-ring (bicyclic) bond motifs is 1. The van der Waals surface area contributed by atoms with Crippen molar-refractivity contribution in [1.29, 1.82) is 0 Å². The number of nitrogens with zero attached hydrogens (tertiary/aromatic N) is 2. The lowest BCUT2D eigenvalue weighted by atomic mass is 10.2. The molecule has 4 aromatic rings. The SMILES string of the molecule is O=C(N/N=C\c1ccc(Cl)cc1)c1ccc(Nc2nc3ccccc3c(=O)[nH]2)cc1. The molecule has 0 unspecified atom stereocenters. The maximum Gasteiger partial charge on any atom is 0.271 e. The van der Waals surface area contributed by atoms with Crippen LogP contribution in [0.15, 0.2) is 82.7 Å². The van der Waals surface area contributed by atoms with Gasteiger partial charge in [-0.05, 0) is 54.1 Å². The zero-order valence-corrected chi connectivity index (χ0v) is 16.4. The maximum absolute atomic E-state index is 12.2. The molecule has 30 heavy (non-hydrogen) atoms. The maximum atomic E-state index is 12.2. The molecule has 0 atom stereocenters. The summed E-state index contributed by atoms with van der Waals surface area (Å²) in [4.78, 5) is 31.5. The van der Waals surface area contributed by atoms with Gasteiger partial charge in [0.1, 0.15) is 0 Å². The van der Waals surface area contributed by atoms with E-state index in [0.717, 1.165) is 5.56 Å². The molecule has 0 saturated heterocycles. The summed E-state index contributed by atoms with van der Waals surface area (Å²) in [5.41, 5.74) is 4.78. The van der Waals surface area contributed by atoms with E-state index in [1.165, 1.54) is 6.21 Å². The smallest absolute Gasteiger partial charge is 0.271 e. The molecule has 7 nitrogen and oxygen atoms in total. The number of carbonyl (C=O) groups excluding carboxylic acids is 1. The first kappa shape index (κ1) is 19.4. The van der Waals surface area contributed by atoms with Crippen molar-refractivity contribution in [2.24, 2.45) is 5.10 Å². The molecule has 0 aliphatic heterocycles. The Hall–Kier alpha value is -3.97. The molecule has 0 spiro atoms. The number of amides is 1. The van der Waals surface area contributed by atoms with Crippen molar-refractivity contribution in [2.75, 3.05) is 5.32 Å². The Balaban J connectivity index is 1.42. The second-order valence-corrected chi connectivity index (χ2v) is 6.82. The highest BCUT2D eigenvalue weighted by Crippen LogP contribution is 2.15. The number of para-hydroxylation sites is 1. The van der Waals surface area contributed by atoms with E-state index in [2.05, 4.69) is 25.8 Å². The van der Waals surface area contributed by atoms with Crippen LogP contribution in [-0.2, 0) is 0 Å². The van der Waals surface area contributed by atoms with Gasteiger partial charge in [0, 0.05) is 16.3 Å². The summed E-state index contributed by atoms with van der Waals surface area (Å²) in [7, 11) is 0. The molecule has 1 amide bonds. The first-order valence-electron chi connectivity index (χ1n) is 9.04. The largest absolute Gasteiger partial charge is 0.326 e. The molecule has 0 bridgehead atoms. The number of rotatable bonds is 5. The van der Waals surface area contributed by atoms with E-state index in [1.807, 2.05) is 6.07 Å². The van der Waals surface area contributed by atoms with Crippen LogP contribution in [0.5, 0.6) is 0 Å². The highest BCUT2D eigenvalue weighted by atomic mass is 35.5. The molecule has 8 heteroatoms. The molecular formula is C22H16ClN5O2. The number of hydrazone groups is 1. The highest BCUT2D eigenvalue weighted by Gasteiger charge is 2.06. The van der Waals surface area contributed by atoms with Gasteiger partial charge < -0.3 is 5.32 Å². The minimum Gasteiger partial charge on any atom is -0.326 e. The number of halogens is 1. The molecular weight excluding hydrogens is 402 g/mol. The van der Waals surface area contributed by atoms with Crippen LogP contribution in [0.25, 0.3) is 10.9 Å². The summed E-state index contributed by atoms with van der Waals surface area (Å²) in [6.45, 7) is 0. The van der Waals surface area contributed by atoms with Crippen LogP contribution >= 0.6 is 11.6 Å². The Bertz CT molecular complexity index is 1280. The zero-order chi connectivity index (χ0) is 20.9. The average Bonchev–Trinajstić information content (AvgIpc) is 2.76. The van der Waals surface area contributed by atoms with Crippen LogP contribution in [0.4, 0.5) is 11.6 Å². The fraction of sp³-hybridized carbons (Fsp3) is 0. The third-order valence-corrected chi connectivity index (χ3v) is 4.52. The second-order valence-electron chi connectivity index (χ2n) is 6.38. The van der Waals surface area contributed by atoms with E-state index in [9.17, 15) is 9.59 Å². The van der Waals surface area contributed by atoms with Crippen molar-refractivity contribution in [2.45, 2.75) is 0 Å². The quantitative estimate of drug-likeness (QED) is 0.336. The summed E-state index contributed by atoms with van der Waals surface area (Å²) in [6, 6.07) is 20.9. The molecule has 1 heterocycles. The number of aromatic nitrogens is 2. The molecule has 3 aromatic carbocycles. The predicted molar refractivity (Wildman–Crippen MR) is 119 cm³/mol. The zero-order valence-electron chi connectivity index (χ0n) is 15.6. The molecule has 0 aliphatic rings. The van der Waals surface area contributed by atoms with E-state index in [1.54, 1.807) is 66.7 Å². The molecule has 0 aliphatic carbocycles. The van der Waals surface area contributed by atoms with Crippen LogP contribution < -0.4 is 16.3 Å². The van der Waals surface area contributed by atoms with Crippen molar-refractivity contribution in [3.63, 3.8) is 0 Å². The number of H-pyrrole nitrogens is 1. The number of hydrogen-bond acceptors (Lipinski definition) is 5. The Kier molecular flexibility index (Phi) is 5.54. The second kappa shape index (κ2) is 8.59. The highest BCUT2D eigenvalue weighted by molar-refractivity contribution is 6.30. The Morgan fingerprint density at radius 2 is 1.73 bits per heavy atom. The minimum atomic E-state index is -0.344. The Morgan fingerprint density at radius 3 is 2.50 bits per heavy atom. The van der Waals surface area contributed by atoms with E-state index in [-0.39, 0.29) is 11.5 Å². The summed E-state index contributed by atoms with van der Waals surface area (Å²) < 4.78 is 0. The Morgan fingerprint density at radius 1 is 1.00 bits per heavy atom.